The van der Waals surface area contributed by atoms with Crippen LogP contribution >= 0.6 is 0 Å². The molecule has 0 unspecified atom stereocenters. The van der Waals surface area contributed by atoms with Crippen LogP contribution in [0, 0.1) is 18.6 Å². The van der Waals surface area contributed by atoms with E-state index in [0.717, 1.165) is 36.4 Å². The van der Waals surface area contributed by atoms with Crippen molar-refractivity contribution in [3.8, 4) is 0 Å². The Balaban J connectivity index is 1.72. The Labute approximate surface area is 179 Å². The quantitative estimate of drug-likeness (QED) is 0.416. The summed E-state index contributed by atoms with van der Waals surface area (Å²) in [5.74, 6) is -2.52. The molecule has 166 valence electrons. The zero-order chi connectivity index (χ0) is 23.5. The molecule has 0 heterocycles. The molecule has 3 N–H and O–H groups in total. The van der Waals surface area contributed by atoms with Crippen LogP contribution < -0.4 is 16.0 Å². The van der Waals surface area contributed by atoms with Gasteiger partial charge in [0.1, 0.15) is 11.6 Å². The number of rotatable bonds is 4. The lowest BCUT2D eigenvalue weighted by Gasteiger charge is -2.12. The maximum Gasteiger partial charge on any atom is 0.416 e. The molecule has 0 aliphatic rings. The zero-order valence-corrected chi connectivity index (χ0v) is 16.5. The predicted molar refractivity (Wildman–Crippen MR) is 110 cm³/mol. The van der Waals surface area contributed by atoms with Crippen molar-refractivity contribution in [1.82, 2.24) is 0 Å². The van der Waals surface area contributed by atoms with E-state index in [0.29, 0.717) is 5.56 Å². The van der Waals surface area contributed by atoms with Crippen LogP contribution in [0.15, 0.2) is 60.7 Å². The second-order valence-electron chi connectivity index (χ2n) is 6.79. The van der Waals surface area contributed by atoms with Gasteiger partial charge in [-0.3, -0.25) is 4.79 Å². The minimum Gasteiger partial charge on any atom is -0.319 e. The second-order valence-corrected chi connectivity index (χ2v) is 6.79. The van der Waals surface area contributed by atoms with Crippen molar-refractivity contribution in [2.75, 3.05) is 16.0 Å². The van der Waals surface area contributed by atoms with Crippen LogP contribution in [0.4, 0.5) is 43.8 Å². The lowest BCUT2D eigenvalue weighted by atomic mass is 10.1. The van der Waals surface area contributed by atoms with E-state index in [1.165, 1.54) is 24.3 Å². The van der Waals surface area contributed by atoms with Crippen LogP contribution in [0.3, 0.4) is 0 Å². The van der Waals surface area contributed by atoms with Crippen LogP contribution in [0.1, 0.15) is 21.5 Å². The largest absolute Gasteiger partial charge is 0.416 e. The highest BCUT2D eigenvalue weighted by atomic mass is 19.4. The number of urea groups is 1. The first-order chi connectivity index (χ1) is 15.0. The normalized spacial score (nSPS) is 11.1. The Bertz CT molecular complexity index is 1180. The van der Waals surface area contributed by atoms with Crippen molar-refractivity contribution < 1.29 is 31.5 Å². The molecule has 32 heavy (non-hydrogen) atoms. The number of carbonyl (C=O) groups excluding carboxylic acids is 2. The van der Waals surface area contributed by atoms with Crippen molar-refractivity contribution in [3.63, 3.8) is 0 Å². The van der Waals surface area contributed by atoms with E-state index in [9.17, 15) is 31.5 Å². The predicted octanol–water partition coefficient (Wildman–Crippen LogP) is 6.19. The summed E-state index contributed by atoms with van der Waals surface area (Å²) in [6, 6.07) is 10.2. The molecule has 0 radical (unpaired) electrons. The molecule has 0 bridgehead atoms. The lowest BCUT2D eigenvalue weighted by molar-refractivity contribution is -0.137. The number of anilines is 3. The Kier molecular flexibility index (Phi) is 6.42. The molecule has 0 saturated carbocycles. The molecule has 0 spiro atoms. The van der Waals surface area contributed by atoms with Crippen molar-refractivity contribution in [1.29, 1.82) is 0 Å². The Hall–Kier alpha value is -3.95. The van der Waals surface area contributed by atoms with Crippen molar-refractivity contribution in [2.24, 2.45) is 0 Å². The van der Waals surface area contributed by atoms with Crippen molar-refractivity contribution in [2.45, 2.75) is 13.1 Å². The number of hydrogen-bond donors (Lipinski definition) is 3. The van der Waals surface area contributed by atoms with Gasteiger partial charge in [0.25, 0.3) is 5.91 Å². The highest BCUT2D eigenvalue weighted by Crippen LogP contribution is 2.30. The molecule has 0 saturated heterocycles. The summed E-state index contributed by atoms with van der Waals surface area (Å²) in [6.07, 6.45) is -4.57. The maximum absolute atomic E-state index is 14.1. The third-order valence-corrected chi connectivity index (χ3v) is 4.29. The molecule has 10 heteroatoms. The summed E-state index contributed by atoms with van der Waals surface area (Å²) in [7, 11) is 0. The second kappa shape index (κ2) is 9.04. The number of aryl methyl sites for hydroxylation is 1. The van der Waals surface area contributed by atoms with Gasteiger partial charge in [-0.15, -0.1) is 0 Å². The fourth-order valence-electron chi connectivity index (χ4n) is 2.77. The Morgan fingerprint density at radius 3 is 2.12 bits per heavy atom. The van der Waals surface area contributed by atoms with Gasteiger partial charge >= 0.3 is 12.2 Å². The van der Waals surface area contributed by atoms with E-state index in [1.807, 2.05) is 0 Å². The van der Waals surface area contributed by atoms with Crippen molar-refractivity contribution in [3.05, 3.63) is 89.0 Å². The zero-order valence-electron chi connectivity index (χ0n) is 16.5. The van der Waals surface area contributed by atoms with E-state index in [4.69, 9.17) is 0 Å². The number of nitrogens with one attached hydrogen (secondary N) is 3. The first kappa shape index (κ1) is 22.7. The number of alkyl halides is 3. The highest BCUT2D eigenvalue weighted by molar-refractivity contribution is 6.05. The van der Waals surface area contributed by atoms with Gasteiger partial charge < -0.3 is 16.0 Å². The number of benzene rings is 3. The molecule has 0 aromatic heterocycles. The summed E-state index contributed by atoms with van der Waals surface area (Å²) < 4.78 is 66.4. The van der Waals surface area contributed by atoms with Gasteiger partial charge in [-0.05, 0) is 55.5 Å². The van der Waals surface area contributed by atoms with Crippen LogP contribution in [-0.4, -0.2) is 11.9 Å². The minimum absolute atomic E-state index is 0.0379. The molecule has 3 aromatic carbocycles. The van der Waals surface area contributed by atoms with Gasteiger partial charge in [0.2, 0.25) is 0 Å². The molecule has 0 aliphatic heterocycles. The number of carbonyl (C=O) groups is 2. The smallest absolute Gasteiger partial charge is 0.319 e. The molecule has 0 atom stereocenters. The molecule has 0 aliphatic carbocycles. The monoisotopic (exact) mass is 449 g/mol. The topological polar surface area (TPSA) is 70.2 Å². The Morgan fingerprint density at radius 1 is 0.781 bits per heavy atom. The van der Waals surface area contributed by atoms with E-state index in [1.54, 1.807) is 6.92 Å². The van der Waals surface area contributed by atoms with E-state index < -0.39 is 35.3 Å². The summed E-state index contributed by atoms with van der Waals surface area (Å²) in [5, 5.41) is 6.79. The van der Waals surface area contributed by atoms with Gasteiger partial charge in [-0.2, -0.15) is 13.2 Å². The average molecular weight is 449 g/mol. The van der Waals surface area contributed by atoms with Crippen LogP contribution in [0.5, 0.6) is 0 Å². The number of halogens is 5. The molecule has 3 rings (SSSR count). The Morgan fingerprint density at radius 2 is 1.44 bits per heavy atom. The number of hydrogen-bond acceptors (Lipinski definition) is 2. The van der Waals surface area contributed by atoms with Gasteiger partial charge in [0.15, 0.2) is 0 Å². The third-order valence-electron chi connectivity index (χ3n) is 4.29. The summed E-state index contributed by atoms with van der Waals surface area (Å²) in [5.41, 5.74) is -0.999. The fourth-order valence-corrected chi connectivity index (χ4v) is 2.77. The van der Waals surface area contributed by atoms with E-state index >= 15 is 0 Å². The number of amides is 3. The third kappa shape index (κ3) is 5.60. The summed E-state index contributed by atoms with van der Waals surface area (Å²) in [4.78, 5) is 24.4. The first-order valence-electron chi connectivity index (χ1n) is 9.15. The van der Waals surface area contributed by atoms with Crippen molar-refractivity contribution >= 4 is 29.0 Å². The van der Waals surface area contributed by atoms with Gasteiger partial charge in [-0.25, -0.2) is 13.6 Å². The van der Waals surface area contributed by atoms with Crippen LogP contribution in [0.2, 0.25) is 0 Å². The van der Waals surface area contributed by atoms with Gasteiger partial charge in [0.05, 0.1) is 16.8 Å². The average Bonchev–Trinajstić information content (AvgIpc) is 2.71. The molecule has 3 aromatic rings. The van der Waals surface area contributed by atoms with Gasteiger partial charge in [-0.1, -0.05) is 17.7 Å². The van der Waals surface area contributed by atoms with E-state index in [-0.39, 0.29) is 22.6 Å². The molecule has 3 amide bonds. The first-order valence-corrected chi connectivity index (χ1v) is 9.15. The maximum atomic E-state index is 14.1. The van der Waals surface area contributed by atoms with Gasteiger partial charge in [0, 0.05) is 11.4 Å². The lowest BCUT2D eigenvalue weighted by Crippen LogP contribution is -2.20. The minimum atomic E-state index is -4.57. The van der Waals surface area contributed by atoms with Crippen LogP contribution in [0.25, 0.3) is 0 Å². The summed E-state index contributed by atoms with van der Waals surface area (Å²) >= 11 is 0. The molecular formula is C22H16F5N3O2. The summed E-state index contributed by atoms with van der Waals surface area (Å²) in [6.45, 7) is 1.66. The fraction of sp³-hybridized carbons (Fsp3) is 0.0909. The SMILES string of the molecule is Cc1ccc(F)c(C(=O)Nc2cc(NC(=O)Nc3cccc(C(F)(F)F)c3)ccc2F)c1. The molecule has 0 fully saturated rings. The standard InChI is InChI=1S/C22H16F5N3O2/c1-12-5-7-17(23)16(9-12)20(31)30-19-11-15(6-8-18(19)24)29-21(32)28-14-4-2-3-13(10-14)22(25,26)27/h2-11H,1H3,(H,30,31)(H2,28,29,32). The molecular weight excluding hydrogens is 433 g/mol. The highest BCUT2D eigenvalue weighted by Gasteiger charge is 2.30. The molecule has 5 nitrogen and oxygen atoms in total. The van der Waals surface area contributed by atoms with E-state index in [2.05, 4.69) is 16.0 Å². The van der Waals surface area contributed by atoms with Crippen LogP contribution in [-0.2, 0) is 6.18 Å².